The van der Waals surface area contributed by atoms with Gasteiger partial charge in [0.05, 0.1) is 12.2 Å². The van der Waals surface area contributed by atoms with Crippen molar-refractivity contribution in [3.63, 3.8) is 0 Å². The highest BCUT2D eigenvalue weighted by atomic mass is 19.1. The molecule has 1 amide bonds. The van der Waals surface area contributed by atoms with Gasteiger partial charge in [-0.05, 0) is 17.7 Å². The molecule has 1 saturated heterocycles. The normalized spacial score (nSPS) is 15.8. The molecule has 1 aliphatic heterocycles. The Bertz CT molecular complexity index is 489. The minimum atomic E-state index is -1.30. The number of carbonyl (C=O) groups excluding carboxylic acids is 1. The van der Waals surface area contributed by atoms with E-state index in [0.717, 1.165) is 6.07 Å². The fraction of sp³-hybridized carbons (Fsp3) is 0.333. The molecule has 0 radical (unpaired) electrons. The number of hydrogen-bond acceptors (Lipinski definition) is 3. The highest BCUT2D eigenvalue weighted by molar-refractivity contribution is 5.87. The summed E-state index contributed by atoms with van der Waals surface area (Å²) in [5.41, 5.74) is 0.194. The van der Waals surface area contributed by atoms with Crippen LogP contribution in [0.5, 0.6) is 0 Å². The van der Waals surface area contributed by atoms with Crippen LogP contribution in [0.4, 0.5) is 4.39 Å². The zero-order valence-corrected chi connectivity index (χ0v) is 9.56. The van der Waals surface area contributed by atoms with Gasteiger partial charge in [0, 0.05) is 13.1 Å². The highest BCUT2D eigenvalue weighted by Crippen LogP contribution is 2.13. The van der Waals surface area contributed by atoms with Gasteiger partial charge in [-0.25, -0.2) is 9.18 Å². The summed E-state index contributed by atoms with van der Waals surface area (Å²) < 4.78 is 18.4. The summed E-state index contributed by atoms with van der Waals surface area (Å²) in [6.07, 6.45) is 0. The number of amides is 1. The first-order valence-corrected chi connectivity index (χ1v) is 5.45. The average molecular weight is 253 g/mol. The standard InChI is InChI=1S/C12H12FNO4/c13-10-5-8(1-2-9(10)12(16)17)6-14-3-4-18-7-11(14)15/h1-2,5H,3-4,6-7H2,(H,16,17). The molecule has 1 aromatic rings. The lowest BCUT2D eigenvalue weighted by atomic mass is 10.1. The van der Waals surface area contributed by atoms with Crippen LogP contribution < -0.4 is 0 Å². The molecule has 0 saturated carbocycles. The largest absolute Gasteiger partial charge is 0.478 e. The maximum absolute atomic E-state index is 13.4. The van der Waals surface area contributed by atoms with Crippen LogP contribution in [-0.2, 0) is 16.1 Å². The number of ether oxygens (including phenoxy) is 1. The van der Waals surface area contributed by atoms with Crippen LogP contribution in [0.3, 0.4) is 0 Å². The Morgan fingerprint density at radius 3 is 2.89 bits per heavy atom. The number of aromatic carboxylic acids is 1. The third kappa shape index (κ3) is 2.65. The van der Waals surface area contributed by atoms with Crippen molar-refractivity contribution in [2.45, 2.75) is 6.54 Å². The van der Waals surface area contributed by atoms with Gasteiger partial charge in [0.1, 0.15) is 12.4 Å². The number of carboxylic acids is 1. The molecule has 1 fully saturated rings. The lowest BCUT2D eigenvalue weighted by Crippen LogP contribution is -2.40. The van der Waals surface area contributed by atoms with Crippen molar-refractivity contribution < 1.29 is 23.8 Å². The van der Waals surface area contributed by atoms with Gasteiger partial charge >= 0.3 is 5.97 Å². The van der Waals surface area contributed by atoms with Gasteiger partial charge in [0.2, 0.25) is 5.91 Å². The van der Waals surface area contributed by atoms with E-state index in [0.29, 0.717) is 18.7 Å². The highest BCUT2D eigenvalue weighted by Gasteiger charge is 2.19. The Labute approximate surface area is 103 Å². The molecule has 5 nitrogen and oxygen atoms in total. The summed E-state index contributed by atoms with van der Waals surface area (Å²) in [4.78, 5) is 23.7. The SMILES string of the molecule is O=C(O)c1ccc(CN2CCOCC2=O)cc1F. The fourth-order valence-corrected chi connectivity index (χ4v) is 1.77. The summed E-state index contributed by atoms with van der Waals surface area (Å²) >= 11 is 0. The number of carboxylic acid groups (broad SMARTS) is 1. The zero-order chi connectivity index (χ0) is 13.1. The van der Waals surface area contributed by atoms with E-state index in [-0.39, 0.29) is 24.6 Å². The van der Waals surface area contributed by atoms with Gasteiger partial charge in [-0.15, -0.1) is 0 Å². The van der Waals surface area contributed by atoms with Crippen LogP contribution in [0.2, 0.25) is 0 Å². The van der Waals surface area contributed by atoms with Crippen molar-refractivity contribution in [1.82, 2.24) is 4.90 Å². The summed E-state index contributed by atoms with van der Waals surface area (Å²) in [5.74, 6) is -2.24. The van der Waals surface area contributed by atoms with E-state index < -0.39 is 11.8 Å². The molecule has 1 heterocycles. The topological polar surface area (TPSA) is 66.8 Å². The summed E-state index contributed by atoms with van der Waals surface area (Å²) in [6.45, 7) is 1.22. The van der Waals surface area contributed by atoms with Gasteiger partial charge < -0.3 is 14.7 Å². The van der Waals surface area contributed by atoms with E-state index in [1.54, 1.807) is 4.90 Å². The molecule has 96 valence electrons. The van der Waals surface area contributed by atoms with Crippen LogP contribution in [0.1, 0.15) is 15.9 Å². The van der Waals surface area contributed by atoms with Crippen LogP contribution in [0.15, 0.2) is 18.2 Å². The predicted octanol–water partition coefficient (Wildman–Crippen LogP) is 0.883. The van der Waals surface area contributed by atoms with Crippen molar-refractivity contribution in [1.29, 1.82) is 0 Å². The molecule has 0 spiro atoms. The number of rotatable bonds is 3. The maximum Gasteiger partial charge on any atom is 0.338 e. The third-order valence-electron chi connectivity index (χ3n) is 2.72. The Balaban J connectivity index is 2.12. The quantitative estimate of drug-likeness (QED) is 0.868. The smallest absolute Gasteiger partial charge is 0.338 e. The number of nitrogens with zero attached hydrogens (tertiary/aromatic N) is 1. The summed E-state index contributed by atoms with van der Waals surface area (Å²) in [6, 6.07) is 3.86. The lowest BCUT2D eigenvalue weighted by Gasteiger charge is -2.26. The molecule has 0 aromatic heterocycles. The maximum atomic E-state index is 13.4. The van der Waals surface area contributed by atoms with E-state index >= 15 is 0 Å². The van der Waals surface area contributed by atoms with Gasteiger partial charge in [-0.2, -0.15) is 0 Å². The molecule has 1 N–H and O–H groups in total. The Kier molecular flexibility index (Phi) is 3.57. The molecular formula is C12H12FNO4. The van der Waals surface area contributed by atoms with Crippen molar-refractivity contribution >= 4 is 11.9 Å². The molecule has 1 aromatic carbocycles. The van der Waals surface area contributed by atoms with E-state index in [2.05, 4.69) is 0 Å². The zero-order valence-electron chi connectivity index (χ0n) is 9.56. The molecule has 0 atom stereocenters. The minimum absolute atomic E-state index is 0.0374. The van der Waals surface area contributed by atoms with Gasteiger partial charge in [0.15, 0.2) is 0 Å². The molecule has 6 heteroatoms. The first-order valence-electron chi connectivity index (χ1n) is 5.45. The Hall–Kier alpha value is -1.95. The van der Waals surface area contributed by atoms with Crippen LogP contribution in [0, 0.1) is 5.82 Å². The van der Waals surface area contributed by atoms with Crippen LogP contribution >= 0.6 is 0 Å². The van der Waals surface area contributed by atoms with E-state index in [9.17, 15) is 14.0 Å². The third-order valence-corrected chi connectivity index (χ3v) is 2.72. The number of benzene rings is 1. The lowest BCUT2D eigenvalue weighted by molar-refractivity contribution is -0.143. The van der Waals surface area contributed by atoms with Crippen molar-refractivity contribution in [3.8, 4) is 0 Å². The second-order valence-electron chi connectivity index (χ2n) is 3.99. The second kappa shape index (κ2) is 5.14. The fourth-order valence-electron chi connectivity index (χ4n) is 1.77. The first-order chi connectivity index (χ1) is 8.58. The average Bonchev–Trinajstić information content (AvgIpc) is 2.32. The van der Waals surface area contributed by atoms with Crippen molar-refractivity contribution in [3.05, 3.63) is 35.1 Å². The summed E-state index contributed by atoms with van der Waals surface area (Å²) in [5, 5.41) is 8.70. The predicted molar refractivity (Wildman–Crippen MR) is 59.6 cm³/mol. The molecule has 0 aliphatic carbocycles. The summed E-state index contributed by atoms with van der Waals surface area (Å²) in [7, 11) is 0. The van der Waals surface area contributed by atoms with E-state index in [1.807, 2.05) is 0 Å². The second-order valence-corrected chi connectivity index (χ2v) is 3.99. The van der Waals surface area contributed by atoms with Gasteiger partial charge in [0.25, 0.3) is 0 Å². The minimum Gasteiger partial charge on any atom is -0.478 e. The van der Waals surface area contributed by atoms with Crippen LogP contribution in [0.25, 0.3) is 0 Å². The molecule has 0 bridgehead atoms. The molecule has 18 heavy (non-hydrogen) atoms. The van der Waals surface area contributed by atoms with Gasteiger partial charge in [-0.3, -0.25) is 4.79 Å². The number of hydrogen-bond donors (Lipinski definition) is 1. The molecule has 2 rings (SSSR count). The molecule has 1 aliphatic rings. The number of morpholine rings is 1. The van der Waals surface area contributed by atoms with Crippen molar-refractivity contribution in [2.75, 3.05) is 19.8 Å². The van der Waals surface area contributed by atoms with E-state index in [4.69, 9.17) is 9.84 Å². The molecule has 0 unspecified atom stereocenters. The molecular weight excluding hydrogens is 241 g/mol. The monoisotopic (exact) mass is 253 g/mol. The first kappa shape index (κ1) is 12.5. The Morgan fingerprint density at radius 2 is 2.28 bits per heavy atom. The van der Waals surface area contributed by atoms with Gasteiger partial charge in [-0.1, -0.05) is 6.07 Å². The van der Waals surface area contributed by atoms with E-state index in [1.165, 1.54) is 12.1 Å². The van der Waals surface area contributed by atoms with Crippen molar-refractivity contribution in [2.24, 2.45) is 0 Å². The number of carbonyl (C=O) groups is 2. The van der Waals surface area contributed by atoms with Crippen LogP contribution in [-0.4, -0.2) is 41.6 Å². The Morgan fingerprint density at radius 1 is 1.50 bits per heavy atom. The number of halogens is 1.